The third kappa shape index (κ3) is 2.33. The third-order valence-corrected chi connectivity index (χ3v) is 2.79. The van der Waals surface area contributed by atoms with E-state index < -0.39 is 0 Å². The number of hydrogen-bond acceptors (Lipinski definition) is 2. The third-order valence-electron chi connectivity index (χ3n) is 1.47. The van der Waals surface area contributed by atoms with E-state index in [1.807, 2.05) is 24.3 Å². The fraction of sp³-hybridized carbons (Fsp3) is 0. The molecule has 0 amide bonds. The van der Waals surface area contributed by atoms with Crippen LogP contribution in [0.15, 0.2) is 33.2 Å². The molecule has 1 aromatic rings. The molecule has 0 aliphatic carbocycles. The van der Waals surface area contributed by atoms with Crippen molar-refractivity contribution in [1.29, 1.82) is 5.26 Å². The molecule has 0 bridgehead atoms. The van der Waals surface area contributed by atoms with Gasteiger partial charge in [-0.05, 0) is 12.1 Å². The minimum atomic E-state index is 0.446. The lowest BCUT2D eigenvalue weighted by Crippen LogP contribution is -1.97. The van der Waals surface area contributed by atoms with Crippen molar-refractivity contribution < 1.29 is 0 Å². The number of allylic oxidation sites excluding steroid dienone is 1. The van der Waals surface area contributed by atoms with E-state index in [0.29, 0.717) is 5.70 Å². The molecule has 0 spiro atoms. The van der Waals surface area contributed by atoms with E-state index >= 15 is 0 Å². The highest BCUT2D eigenvalue weighted by Crippen LogP contribution is 2.28. The average molecular weight is 302 g/mol. The molecule has 0 saturated carbocycles. The average Bonchev–Trinajstić information content (AvgIpc) is 2.04. The molecule has 0 unspecified atom stereocenters. The molecular formula is C9H6Br2N2. The van der Waals surface area contributed by atoms with E-state index in [4.69, 9.17) is 11.0 Å². The zero-order valence-electron chi connectivity index (χ0n) is 6.59. The van der Waals surface area contributed by atoms with E-state index in [1.165, 1.54) is 6.08 Å². The molecule has 0 heterocycles. The lowest BCUT2D eigenvalue weighted by Gasteiger charge is -2.05. The van der Waals surface area contributed by atoms with Crippen LogP contribution in [0.25, 0.3) is 5.70 Å². The Kier molecular flexibility index (Phi) is 3.52. The first-order chi connectivity index (χ1) is 6.16. The fourth-order valence-corrected chi connectivity index (χ4v) is 2.37. The Balaban J connectivity index is 3.30. The van der Waals surface area contributed by atoms with Crippen LogP contribution in [0.4, 0.5) is 0 Å². The zero-order valence-corrected chi connectivity index (χ0v) is 9.76. The summed E-state index contributed by atoms with van der Waals surface area (Å²) < 4.78 is 1.73. The molecule has 0 radical (unpaired) electrons. The first-order valence-corrected chi connectivity index (χ1v) is 5.05. The maximum atomic E-state index is 8.44. The van der Waals surface area contributed by atoms with Crippen LogP contribution < -0.4 is 5.73 Å². The van der Waals surface area contributed by atoms with Gasteiger partial charge in [-0.15, -0.1) is 0 Å². The summed E-state index contributed by atoms with van der Waals surface area (Å²) in [5.74, 6) is 0. The normalized spacial score (nSPS) is 11.0. The second kappa shape index (κ2) is 4.45. The van der Waals surface area contributed by atoms with Crippen molar-refractivity contribution in [2.45, 2.75) is 0 Å². The highest BCUT2D eigenvalue weighted by atomic mass is 79.9. The Morgan fingerprint density at radius 1 is 1.38 bits per heavy atom. The van der Waals surface area contributed by atoms with Crippen molar-refractivity contribution in [3.05, 3.63) is 38.8 Å². The number of nitrogens with zero attached hydrogens (tertiary/aromatic N) is 1. The summed E-state index contributed by atoms with van der Waals surface area (Å²) in [4.78, 5) is 0. The SMILES string of the molecule is N#CC=C(N)c1c(Br)cccc1Br. The van der Waals surface area contributed by atoms with Gasteiger partial charge in [-0.25, -0.2) is 0 Å². The van der Waals surface area contributed by atoms with Crippen LogP contribution in [-0.4, -0.2) is 0 Å². The highest BCUT2D eigenvalue weighted by Gasteiger charge is 2.06. The van der Waals surface area contributed by atoms with Crippen molar-refractivity contribution in [3.63, 3.8) is 0 Å². The predicted octanol–water partition coefficient (Wildman–Crippen LogP) is 3.03. The molecule has 1 aromatic carbocycles. The molecule has 1 rings (SSSR count). The first-order valence-electron chi connectivity index (χ1n) is 3.46. The van der Waals surface area contributed by atoms with E-state index in [1.54, 1.807) is 0 Å². The predicted molar refractivity (Wildman–Crippen MR) is 59.6 cm³/mol. The Labute approximate surface area is 93.3 Å². The first kappa shape index (κ1) is 10.3. The van der Waals surface area contributed by atoms with Gasteiger partial charge in [0.05, 0.1) is 11.8 Å². The minimum absolute atomic E-state index is 0.446. The standard InChI is InChI=1S/C9H6Br2N2/c10-6-2-1-3-7(11)9(6)8(13)4-5-12/h1-4H,13H2. The second-order valence-electron chi connectivity index (χ2n) is 2.33. The Morgan fingerprint density at radius 2 is 1.92 bits per heavy atom. The molecule has 0 aromatic heterocycles. The van der Waals surface area contributed by atoms with Gasteiger partial charge in [0, 0.05) is 20.6 Å². The van der Waals surface area contributed by atoms with Crippen LogP contribution in [0.2, 0.25) is 0 Å². The van der Waals surface area contributed by atoms with Gasteiger partial charge in [0.25, 0.3) is 0 Å². The van der Waals surface area contributed by atoms with Gasteiger partial charge >= 0.3 is 0 Å². The highest BCUT2D eigenvalue weighted by molar-refractivity contribution is 9.11. The van der Waals surface area contributed by atoms with Crippen LogP contribution in [0.3, 0.4) is 0 Å². The molecule has 66 valence electrons. The molecule has 4 heteroatoms. The second-order valence-corrected chi connectivity index (χ2v) is 4.03. The molecule has 0 aliphatic heterocycles. The molecule has 0 fully saturated rings. The fourth-order valence-electron chi connectivity index (χ4n) is 0.915. The maximum absolute atomic E-state index is 8.44. The Hall–Kier alpha value is -0.790. The summed E-state index contributed by atoms with van der Waals surface area (Å²) in [6, 6.07) is 7.52. The van der Waals surface area contributed by atoms with Crippen molar-refractivity contribution in [1.82, 2.24) is 0 Å². The van der Waals surface area contributed by atoms with Gasteiger partial charge in [0.15, 0.2) is 0 Å². The van der Waals surface area contributed by atoms with Crippen LogP contribution in [-0.2, 0) is 0 Å². The number of nitriles is 1. The molecular weight excluding hydrogens is 296 g/mol. The monoisotopic (exact) mass is 300 g/mol. The lowest BCUT2D eigenvalue weighted by molar-refractivity contribution is 1.44. The molecule has 0 atom stereocenters. The van der Waals surface area contributed by atoms with Gasteiger partial charge in [-0.1, -0.05) is 37.9 Å². The van der Waals surface area contributed by atoms with Gasteiger partial charge in [-0.3, -0.25) is 0 Å². The number of halogens is 2. The summed E-state index contributed by atoms with van der Waals surface area (Å²) in [6.45, 7) is 0. The van der Waals surface area contributed by atoms with Crippen LogP contribution >= 0.6 is 31.9 Å². The number of nitrogens with two attached hydrogens (primary N) is 1. The summed E-state index contributed by atoms with van der Waals surface area (Å²) in [5, 5.41) is 8.44. The smallest absolute Gasteiger partial charge is 0.0933 e. The summed E-state index contributed by atoms with van der Waals surface area (Å²) in [5.41, 5.74) is 6.94. The van der Waals surface area contributed by atoms with Gasteiger partial charge in [-0.2, -0.15) is 5.26 Å². The Morgan fingerprint density at radius 3 is 2.38 bits per heavy atom. The van der Waals surface area contributed by atoms with E-state index in [0.717, 1.165) is 14.5 Å². The lowest BCUT2D eigenvalue weighted by atomic mass is 10.1. The summed E-state index contributed by atoms with van der Waals surface area (Å²) in [7, 11) is 0. The number of rotatable bonds is 1. The van der Waals surface area contributed by atoms with E-state index in [9.17, 15) is 0 Å². The molecule has 0 saturated heterocycles. The van der Waals surface area contributed by atoms with Crippen molar-refractivity contribution in [2.75, 3.05) is 0 Å². The number of hydrogen-bond donors (Lipinski definition) is 1. The van der Waals surface area contributed by atoms with E-state index in [-0.39, 0.29) is 0 Å². The summed E-state index contributed by atoms with van der Waals surface area (Å²) >= 11 is 6.71. The number of benzene rings is 1. The van der Waals surface area contributed by atoms with Crippen LogP contribution in [0.1, 0.15) is 5.56 Å². The quantitative estimate of drug-likeness (QED) is 0.811. The van der Waals surface area contributed by atoms with Crippen molar-refractivity contribution in [2.24, 2.45) is 5.73 Å². The van der Waals surface area contributed by atoms with Crippen LogP contribution in [0, 0.1) is 11.3 Å². The topological polar surface area (TPSA) is 49.8 Å². The van der Waals surface area contributed by atoms with Crippen molar-refractivity contribution in [3.8, 4) is 6.07 Å². The van der Waals surface area contributed by atoms with Gasteiger partial charge in [0.1, 0.15) is 0 Å². The zero-order chi connectivity index (χ0) is 9.84. The largest absolute Gasteiger partial charge is 0.398 e. The van der Waals surface area contributed by atoms with Crippen molar-refractivity contribution >= 4 is 37.6 Å². The minimum Gasteiger partial charge on any atom is -0.398 e. The molecule has 2 N–H and O–H groups in total. The maximum Gasteiger partial charge on any atom is 0.0933 e. The Bertz CT molecular complexity index is 371. The summed E-state index contributed by atoms with van der Waals surface area (Å²) in [6.07, 6.45) is 1.31. The molecule has 2 nitrogen and oxygen atoms in total. The molecule has 13 heavy (non-hydrogen) atoms. The van der Waals surface area contributed by atoms with Gasteiger partial charge in [0.2, 0.25) is 0 Å². The van der Waals surface area contributed by atoms with Crippen LogP contribution in [0.5, 0.6) is 0 Å². The molecule has 0 aliphatic rings. The van der Waals surface area contributed by atoms with E-state index in [2.05, 4.69) is 31.9 Å². The van der Waals surface area contributed by atoms with Gasteiger partial charge < -0.3 is 5.73 Å².